The predicted molar refractivity (Wildman–Crippen MR) is 222 cm³/mol. The molecule has 0 aromatic heterocycles. The highest BCUT2D eigenvalue weighted by molar-refractivity contribution is 7.98. The Morgan fingerprint density at radius 1 is 0.811 bits per heavy atom. The lowest BCUT2D eigenvalue weighted by molar-refractivity contribution is 0.122. The van der Waals surface area contributed by atoms with Crippen LogP contribution in [0.25, 0.3) is 28.0 Å². The van der Waals surface area contributed by atoms with Crippen molar-refractivity contribution >= 4 is 40.0 Å². The van der Waals surface area contributed by atoms with Crippen molar-refractivity contribution in [2.45, 2.75) is 68.3 Å². The summed E-state index contributed by atoms with van der Waals surface area (Å²) in [5, 5.41) is 2.52. The van der Waals surface area contributed by atoms with Crippen molar-refractivity contribution in [1.29, 1.82) is 0 Å². The monoisotopic (exact) mass is 724 g/mol. The molecule has 4 aromatic rings. The molecule has 3 aliphatic heterocycles. The minimum atomic E-state index is -0.714. The molecule has 5 aliphatic rings. The van der Waals surface area contributed by atoms with Gasteiger partial charge >= 0.3 is 0 Å². The summed E-state index contributed by atoms with van der Waals surface area (Å²) in [6.07, 6.45) is 20.3. The van der Waals surface area contributed by atoms with Crippen LogP contribution in [-0.2, 0) is 20.5 Å². The summed E-state index contributed by atoms with van der Waals surface area (Å²) in [6.45, 7) is 11.4. The maximum Gasteiger partial charge on any atom is 0.174 e. The number of hydrogen-bond donors (Lipinski definition) is 0. The first kappa shape index (κ1) is 34.8. The fourth-order valence-electron chi connectivity index (χ4n) is 10.1. The Labute approximate surface area is 319 Å². The maximum absolute atomic E-state index is 7.84. The second kappa shape index (κ2) is 14.4. The van der Waals surface area contributed by atoms with E-state index < -0.39 is 5.60 Å². The number of rotatable bonds is 9. The molecule has 2 fully saturated rings. The number of morpholine rings is 2. The molecule has 53 heavy (non-hydrogen) atoms. The quantitative estimate of drug-likeness (QED) is 0.160. The Balaban J connectivity index is 1.32. The van der Waals surface area contributed by atoms with Crippen molar-refractivity contribution in [3.05, 3.63) is 113 Å². The van der Waals surface area contributed by atoms with E-state index >= 15 is 0 Å². The molecule has 3 heterocycles. The largest absolute Gasteiger partial charge is 0.473 e. The standard InChI is InChI=1S/C47H52N2O3S/c1-4-20-46(21-5-2)40-14-10-9-13-36(40)43-38-31-41(49-25-29-51-30-26-49)42(53-3)32-39(38)45-37(44(43)46)19-22-47(52-45,33-11-7-6-8-12-33)34-15-17-35(18-16-34)48-23-27-50-28-24-48/h6-7,9-11,13-19,22,31-32H,4-5,8,12,20-21,23-30H2,1-3H3. The fourth-order valence-corrected chi connectivity index (χ4v) is 10.7. The van der Waals surface area contributed by atoms with Crippen LogP contribution >= 0.6 is 11.8 Å². The molecular weight excluding hydrogens is 673 g/mol. The normalized spacial score (nSPS) is 21.6. The van der Waals surface area contributed by atoms with Gasteiger partial charge in [-0.3, -0.25) is 0 Å². The van der Waals surface area contributed by atoms with Crippen LogP contribution in [0.4, 0.5) is 11.4 Å². The fraction of sp³-hybridized carbons (Fsp3) is 0.404. The molecule has 5 nitrogen and oxygen atoms in total. The number of anilines is 2. The second-order valence-corrected chi connectivity index (χ2v) is 16.1. The van der Waals surface area contributed by atoms with Crippen molar-refractivity contribution in [1.82, 2.24) is 0 Å². The lowest BCUT2D eigenvalue weighted by Crippen LogP contribution is -2.37. The maximum atomic E-state index is 7.84. The highest BCUT2D eigenvalue weighted by Gasteiger charge is 2.48. The van der Waals surface area contributed by atoms with Gasteiger partial charge in [-0.25, -0.2) is 0 Å². The van der Waals surface area contributed by atoms with Gasteiger partial charge in [0.05, 0.1) is 32.1 Å². The molecule has 0 saturated carbocycles. The third kappa shape index (κ3) is 5.66. The number of allylic oxidation sites excluding steroid dienone is 3. The zero-order valence-electron chi connectivity index (χ0n) is 31.6. The molecule has 0 bridgehead atoms. The Morgan fingerprint density at radius 2 is 1.53 bits per heavy atom. The van der Waals surface area contributed by atoms with Gasteiger partial charge in [0.2, 0.25) is 0 Å². The van der Waals surface area contributed by atoms with Crippen LogP contribution in [0.3, 0.4) is 0 Å². The first-order valence-electron chi connectivity index (χ1n) is 19.9. The SMILES string of the molecule is CCCC1(CCC)c2ccccc2-c2c1c1c(c3cc(SC)c(N4CCOCC4)cc23)OC(C2=CC=CCC2)(c2ccc(N3CCOCC3)cc2)C=C1. The van der Waals surface area contributed by atoms with E-state index in [9.17, 15) is 0 Å². The van der Waals surface area contributed by atoms with E-state index in [1.807, 2.05) is 11.8 Å². The van der Waals surface area contributed by atoms with E-state index in [2.05, 4.69) is 121 Å². The van der Waals surface area contributed by atoms with Crippen molar-refractivity contribution in [3.8, 4) is 16.9 Å². The molecule has 1 unspecified atom stereocenters. The minimum Gasteiger partial charge on any atom is -0.473 e. The predicted octanol–water partition coefficient (Wildman–Crippen LogP) is 10.7. The Hall–Kier alpha value is -3.97. The van der Waals surface area contributed by atoms with Crippen molar-refractivity contribution < 1.29 is 14.2 Å². The number of nitrogens with zero attached hydrogens (tertiary/aromatic N) is 2. The highest BCUT2D eigenvalue weighted by Crippen LogP contribution is 2.62. The van der Waals surface area contributed by atoms with Crippen LogP contribution in [0.5, 0.6) is 5.75 Å². The number of fused-ring (bicyclic) bond motifs is 8. The number of benzene rings is 4. The molecule has 2 saturated heterocycles. The van der Waals surface area contributed by atoms with Gasteiger partial charge in [0.25, 0.3) is 0 Å². The first-order valence-corrected chi connectivity index (χ1v) is 21.2. The van der Waals surface area contributed by atoms with E-state index in [1.165, 1.54) is 66.0 Å². The molecular formula is C47H52N2O3S. The summed E-state index contributed by atoms with van der Waals surface area (Å²) in [5.41, 5.74) is 11.3. The van der Waals surface area contributed by atoms with Gasteiger partial charge in [0, 0.05) is 58.7 Å². The second-order valence-electron chi connectivity index (χ2n) is 15.3. The zero-order chi connectivity index (χ0) is 36.0. The molecule has 9 rings (SSSR count). The summed E-state index contributed by atoms with van der Waals surface area (Å²) in [5.74, 6) is 1.03. The Morgan fingerprint density at radius 3 is 2.21 bits per heavy atom. The molecule has 0 amide bonds. The lowest BCUT2D eigenvalue weighted by atomic mass is 9.69. The summed E-state index contributed by atoms with van der Waals surface area (Å²) in [6, 6.07) is 23.5. The molecule has 0 N–H and O–H groups in total. The van der Waals surface area contributed by atoms with Gasteiger partial charge in [-0.1, -0.05) is 87.4 Å². The van der Waals surface area contributed by atoms with E-state index in [0.717, 1.165) is 96.9 Å². The molecule has 274 valence electrons. The Kier molecular flexibility index (Phi) is 9.42. The highest BCUT2D eigenvalue weighted by atomic mass is 32.2. The van der Waals surface area contributed by atoms with Crippen molar-refractivity contribution in [2.24, 2.45) is 0 Å². The topological polar surface area (TPSA) is 34.2 Å². The summed E-state index contributed by atoms with van der Waals surface area (Å²) >= 11 is 1.84. The van der Waals surface area contributed by atoms with Gasteiger partial charge in [0.15, 0.2) is 5.60 Å². The van der Waals surface area contributed by atoms with E-state index in [1.54, 1.807) is 0 Å². The van der Waals surface area contributed by atoms with Crippen LogP contribution in [0.15, 0.2) is 95.4 Å². The van der Waals surface area contributed by atoms with Crippen molar-refractivity contribution in [3.63, 3.8) is 0 Å². The Bertz CT molecular complexity index is 2100. The van der Waals surface area contributed by atoms with Gasteiger partial charge < -0.3 is 24.0 Å². The molecule has 0 radical (unpaired) electrons. The minimum absolute atomic E-state index is 0.0780. The van der Waals surface area contributed by atoms with E-state index in [4.69, 9.17) is 14.2 Å². The van der Waals surface area contributed by atoms with Gasteiger partial charge in [-0.2, -0.15) is 0 Å². The van der Waals surface area contributed by atoms with Gasteiger partial charge in [0.1, 0.15) is 5.75 Å². The van der Waals surface area contributed by atoms with Crippen molar-refractivity contribution in [2.75, 3.05) is 68.7 Å². The summed E-state index contributed by atoms with van der Waals surface area (Å²) in [7, 11) is 0. The number of hydrogen-bond acceptors (Lipinski definition) is 6. The lowest BCUT2D eigenvalue weighted by Gasteiger charge is -2.41. The number of thioether (sulfide) groups is 1. The van der Waals surface area contributed by atoms with Crippen LogP contribution in [0.1, 0.15) is 74.6 Å². The third-order valence-electron chi connectivity index (χ3n) is 12.4. The smallest absolute Gasteiger partial charge is 0.174 e. The third-order valence-corrected chi connectivity index (χ3v) is 13.2. The molecule has 2 aliphatic carbocycles. The van der Waals surface area contributed by atoms with Gasteiger partial charge in [-0.15, -0.1) is 11.8 Å². The van der Waals surface area contributed by atoms with E-state index in [-0.39, 0.29) is 5.41 Å². The number of ether oxygens (including phenoxy) is 3. The first-order chi connectivity index (χ1) is 26.1. The van der Waals surface area contributed by atoms with Gasteiger partial charge in [-0.05, 0) is 95.5 Å². The molecule has 6 heteroatoms. The van der Waals surface area contributed by atoms with E-state index in [0.29, 0.717) is 0 Å². The van der Waals surface area contributed by atoms with Crippen LogP contribution in [0.2, 0.25) is 0 Å². The average molecular weight is 725 g/mol. The molecule has 0 spiro atoms. The molecule has 4 aromatic carbocycles. The summed E-state index contributed by atoms with van der Waals surface area (Å²) < 4.78 is 19.3. The summed E-state index contributed by atoms with van der Waals surface area (Å²) in [4.78, 5) is 6.26. The zero-order valence-corrected chi connectivity index (χ0v) is 32.4. The van der Waals surface area contributed by atoms with Crippen LogP contribution in [-0.4, -0.2) is 58.9 Å². The molecule has 1 atom stereocenters. The average Bonchev–Trinajstić information content (AvgIpc) is 3.51. The van der Waals surface area contributed by atoms with Crippen LogP contribution < -0.4 is 14.5 Å². The van der Waals surface area contributed by atoms with Crippen LogP contribution in [0, 0.1) is 0 Å².